The molecule has 0 radical (unpaired) electrons. The molecule has 0 spiro atoms. The highest BCUT2D eigenvalue weighted by Crippen LogP contribution is 2.29. The molecule has 9 nitrogen and oxygen atoms in total. The molecule has 3 rings (SSSR count). The standard InChI is InChI=1S/C25H38N4O5S/c1-6-29(7-2)35(32,33)19-11-12-22-21(15-19)26-23(28(22)5)13-14-25(31)34-16-24(30)27-20-10-8-9-17(3)18(20)4/h11-12,15,17-18,20H,6-10,13-14,16H2,1-5H3,(H,27,30)/t17-,18-,20-/m1/s1. The van der Waals surface area contributed by atoms with Gasteiger partial charge >= 0.3 is 5.97 Å². The first-order valence-corrected chi connectivity index (χ1v) is 13.9. The molecular formula is C25H38N4O5S. The normalized spacial score (nSPS) is 20.8. The molecule has 1 aromatic heterocycles. The quantitative estimate of drug-likeness (QED) is 0.496. The third-order valence-electron chi connectivity index (χ3n) is 7.26. The van der Waals surface area contributed by atoms with Crippen molar-refractivity contribution in [1.29, 1.82) is 0 Å². The minimum atomic E-state index is -3.58. The number of amides is 1. The van der Waals surface area contributed by atoms with E-state index in [1.54, 1.807) is 32.0 Å². The van der Waals surface area contributed by atoms with Crippen LogP contribution in [0.25, 0.3) is 11.0 Å². The summed E-state index contributed by atoms with van der Waals surface area (Å²) < 4.78 is 34.1. The molecule has 194 valence electrons. The molecular weight excluding hydrogens is 468 g/mol. The van der Waals surface area contributed by atoms with Crippen LogP contribution in [0, 0.1) is 11.8 Å². The lowest BCUT2D eigenvalue weighted by Gasteiger charge is -2.34. The van der Waals surface area contributed by atoms with E-state index in [1.807, 2.05) is 11.6 Å². The molecule has 1 heterocycles. The smallest absolute Gasteiger partial charge is 0.306 e. The van der Waals surface area contributed by atoms with E-state index >= 15 is 0 Å². The fourth-order valence-electron chi connectivity index (χ4n) is 4.79. The average molecular weight is 507 g/mol. The maximum Gasteiger partial charge on any atom is 0.306 e. The van der Waals surface area contributed by atoms with Crippen molar-refractivity contribution in [2.24, 2.45) is 18.9 Å². The van der Waals surface area contributed by atoms with E-state index < -0.39 is 16.0 Å². The van der Waals surface area contributed by atoms with Gasteiger partial charge in [-0.2, -0.15) is 4.31 Å². The van der Waals surface area contributed by atoms with E-state index in [9.17, 15) is 18.0 Å². The second-order valence-electron chi connectivity index (χ2n) is 9.43. The summed E-state index contributed by atoms with van der Waals surface area (Å²) in [4.78, 5) is 29.3. The van der Waals surface area contributed by atoms with Crippen molar-refractivity contribution in [2.45, 2.75) is 70.7 Å². The van der Waals surface area contributed by atoms with Gasteiger partial charge in [0.1, 0.15) is 5.82 Å². The van der Waals surface area contributed by atoms with Crippen LogP contribution >= 0.6 is 0 Å². The van der Waals surface area contributed by atoms with Crippen LogP contribution in [-0.2, 0) is 37.8 Å². The molecule has 1 aliphatic rings. The maximum atomic E-state index is 12.8. The first-order chi connectivity index (χ1) is 16.6. The van der Waals surface area contributed by atoms with Crippen LogP contribution in [0.15, 0.2) is 23.1 Å². The number of fused-ring (bicyclic) bond motifs is 1. The van der Waals surface area contributed by atoms with Crippen molar-refractivity contribution in [3.05, 3.63) is 24.0 Å². The van der Waals surface area contributed by atoms with Gasteiger partial charge in [0.25, 0.3) is 5.91 Å². The Hall–Kier alpha value is -2.46. The van der Waals surface area contributed by atoms with Crippen molar-refractivity contribution < 1.29 is 22.7 Å². The Morgan fingerprint density at radius 2 is 1.91 bits per heavy atom. The average Bonchev–Trinajstić information content (AvgIpc) is 3.14. The highest BCUT2D eigenvalue weighted by molar-refractivity contribution is 7.89. The second kappa shape index (κ2) is 11.5. The lowest BCUT2D eigenvalue weighted by atomic mass is 9.78. The molecule has 1 saturated carbocycles. The zero-order valence-electron chi connectivity index (χ0n) is 21.4. The molecule has 35 heavy (non-hydrogen) atoms. The molecule has 0 bridgehead atoms. The first-order valence-electron chi connectivity index (χ1n) is 12.5. The monoisotopic (exact) mass is 506 g/mol. The van der Waals surface area contributed by atoms with E-state index in [2.05, 4.69) is 24.1 Å². The summed E-state index contributed by atoms with van der Waals surface area (Å²) in [6, 6.07) is 5.02. The number of hydrogen-bond acceptors (Lipinski definition) is 6. The van der Waals surface area contributed by atoms with Gasteiger partial charge in [-0.05, 0) is 36.5 Å². The number of nitrogens with one attached hydrogen (secondary N) is 1. The number of esters is 1. The van der Waals surface area contributed by atoms with Crippen LogP contribution in [0.3, 0.4) is 0 Å². The van der Waals surface area contributed by atoms with Crippen molar-refractivity contribution in [3.8, 4) is 0 Å². The minimum Gasteiger partial charge on any atom is -0.456 e. The molecule has 0 saturated heterocycles. The summed E-state index contributed by atoms with van der Waals surface area (Å²) >= 11 is 0. The second-order valence-corrected chi connectivity index (χ2v) is 11.4. The molecule has 0 aliphatic heterocycles. The predicted molar refractivity (Wildman–Crippen MR) is 134 cm³/mol. The van der Waals surface area contributed by atoms with E-state index in [-0.39, 0.29) is 29.9 Å². The van der Waals surface area contributed by atoms with E-state index in [0.717, 1.165) is 18.4 Å². The summed E-state index contributed by atoms with van der Waals surface area (Å²) in [5, 5.41) is 3.00. The van der Waals surface area contributed by atoms with Gasteiger partial charge in [-0.15, -0.1) is 0 Å². The van der Waals surface area contributed by atoms with Gasteiger partial charge in [0.15, 0.2) is 6.61 Å². The Morgan fingerprint density at radius 1 is 1.20 bits per heavy atom. The molecule has 1 N–H and O–H groups in total. The molecule has 1 amide bonds. The zero-order chi connectivity index (χ0) is 25.8. The van der Waals surface area contributed by atoms with Crippen LogP contribution in [0.1, 0.15) is 59.2 Å². The van der Waals surface area contributed by atoms with Crippen LogP contribution < -0.4 is 5.32 Å². The Balaban J connectivity index is 1.57. The molecule has 1 aromatic carbocycles. The third-order valence-corrected chi connectivity index (χ3v) is 9.30. The number of carbonyl (C=O) groups excluding carboxylic acids is 2. The van der Waals surface area contributed by atoms with Crippen molar-refractivity contribution in [3.63, 3.8) is 0 Å². The molecule has 2 aromatic rings. The first kappa shape index (κ1) is 27.1. The van der Waals surface area contributed by atoms with E-state index in [1.165, 1.54) is 10.7 Å². The SMILES string of the molecule is CCN(CC)S(=O)(=O)c1ccc2c(c1)nc(CCC(=O)OCC(=O)N[C@@H]1CCC[C@@H](C)[C@H]1C)n2C. The molecule has 0 unspecified atom stereocenters. The Kier molecular flexibility index (Phi) is 8.93. The van der Waals surface area contributed by atoms with E-state index in [0.29, 0.717) is 42.7 Å². The van der Waals surface area contributed by atoms with Gasteiger partial charge in [-0.1, -0.05) is 40.5 Å². The third kappa shape index (κ3) is 6.22. The molecule has 10 heteroatoms. The summed E-state index contributed by atoms with van der Waals surface area (Å²) in [5.41, 5.74) is 1.33. The topological polar surface area (TPSA) is 111 Å². The van der Waals surface area contributed by atoms with Gasteiger partial charge < -0.3 is 14.6 Å². The highest BCUT2D eigenvalue weighted by atomic mass is 32.2. The number of hydrogen-bond donors (Lipinski definition) is 1. The summed E-state index contributed by atoms with van der Waals surface area (Å²) in [6.07, 6.45) is 3.62. The maximum absolute atomic E-state index is 12.8. The number of imidazole rings is 1. The number of benzene rings is 1. The van der Waals surface area contributed by atoms with Gasteiger partial charge in [0, 0.05) is 32.6 Å². The molecule has 3 atom stereocenters. The molecule has 1 fully saturated rings. The fourth-order valence-corrected chi connectivity index (χ4v) is 6.27. The predicted octanol–water partition coefficient (Wildman–Crippen LogP) is 3.02. The van der Waals surface area contributed by atoms with Crippen LogP contribution in [-0.4, -0.2) is 59.9 Å². The van der Waals surface area contributed by atoms with Crippen molar-refractivity contribution in [1.82, 2.24) is 19.2 Å². The number of nitrogens with zero attached hydrogens (tertiary/aromatic N) is 3. The minimum absolute atomic E-state index is 0.0753. The summed E-state index contributed by atoms with van der Waals surface area (Å²) in [6.45, 7) is 8.46. The zero-order valence-corrected chi connectivity index (χ0v) is 22.2. The Bertz CT molecular complexity index is 1160. The number of carbonyl (C=O) groups is 2. The van der Waals surface area contributed by atoms with Gasteiger partial charge in [-0.3, -0.25) is 9.59 Å². The number of rotatable bonds is 10. The lowest BCUT2D eigenvalue weighted by molar-refractivity contribution is -0.148. The number of aryl methyl sites for hydroxylation is 2. The van der Waals surface area contributed by atoms with Crippen molar-refractivity contribution >= 4 is 32.9 Å². The number of sulfonamides is 1. The number of aromatic nitrogens is 2. The Morgan fingerprint density at radius 3 is 2.60 bits per heavy atom. The Labute approximate surface area is 208 Å². The molecule has 1 aliphatic carbocycles. The number of ether oxygens (including phenoxy) is 1. The van der Waals surface area contributed by atoms with E-state index in [4.69, 9.17) is 4.74 Å². The van der Waals surface area contributed by atoms with Crippen LogP contribution in [0.4, 0.5) is 0 Å². The summed E-state index contributed by atoms with van der Waals surface area (Å²) in [7, 11) is -1.76. The van der Waals surface area contributed by atoms with Crippen molar-refractivity contribution in [2.75, 3.05) is 19.7 Å². The summed E-state index contributed by atoms with van der Waals surface area (Å²) in [5.74, 6) is 0.877. The van der Waals surface area contributed by atoms with Crippen LogP contribution in [0.2, 0.25) is 0 Å². The highest BCUT2D eigenvalue weighted by Gasteiger charge is 2.28. The lowest BCUT2D eigenvalue weighted by Crippen LogP contribution is -2.45. The van der Waals surface area contributed by atoms with Crippen LogP contribution in [0.5, 0.6) is 0 Å². The largest absolute Gasteiger partial charge is 0.456 e. The van der Waals surface area contributed by atoms with Gasteiger partial charge in [0.05, 0.1) is 22.3 Å². The fraction of sp³-hybridized carbons (Fsp3) is 0.640. The van der Waals surface area contributed by atoms with Gasteiger partial charge in [-0.25, -0.2) is 13.4 Å². The van der Waals surface area contributed by atoms with Gasteiger partial charge in [0.2, 0.25) is 10.0 Å².